The molecule has 0 amide bonds. The first-order valence-electron chi connectivity index (χ1n) is 7.63. The zero-order chi connectivity index (χ0) is 16.4. The summed E-state index contributed by atoms with van der Waals surface area (Å²) >= 11 is 1.43. The van der Waals surface area contributed by atoms with E-state index in [-0.39, 0.29) is 0 Å². The maximum absolute atomic E-state index is 4.39. The Balaban J connectivity index is 5.08. The van der Waals surface area contributed by atoms with Crippen LogP contribution in [0, 0.1) is 11.8 Å². The Hall–Kier alpha value is -0.826. The minimum atomic E-state index is 0.373. The molecule has 0 rings (SSSR count). The fraction of sp³-hybridized carbons (Fsp3) is 0.750. The van der Waals surface area contributed by atoms with Crippen molar-refractivity contribution in [1.29, 1.82) is 0 Å². The molecule has 0 spiro atoms. The Kier molecular flexibility index (Phi) is 10.4. The van der Waals surface area contributed by atoms with Gasteiger partial charge in [0.15, 0.2) is 0 Å². The predicted molar refractivity (Wildman–Crippen MR) is 89.6 cm³/mol. The second-order valence-electron chi connectivity index (χ2n) is 6.19. The standard InChI is InChI=1S/2C8H16N2.Ni/c2*1-7(2)5-9-6-10-8(3)4;/h2*5-8H,1-4H3;/q;;+2/b2*9-5-,10-6-;. The van der Waals surface area contributed by atoms with Crippen LogP contribution in [-0.2, 0) is 14.9 Å². The number of aliphatic imine (C=N–C) groups is 2. The molecular weight excluding hydrogens is 307 g/mol. The SMILES string of the molecule is CC(C)/C=N\C=[N+](\[Ni]/[N+](=C/N=C\C(C)C)C(C)C)C(C)C. The zero-order valence-electron chi connectivity index (χ0n) is 14.7. The molecule has 0 aliphatic heterocycles. The number of hydrogen-bond acceptors (Lipinski definition) is 0. The first kappa shape index (κ1) is 20.2. The average molecular weight is 339 g/mol. The minimum absolute atomic E-state index is 0.373. The van der Waals surface area contributed by atoms with Gasteiger partial charge in [0.1, 0.15) is 0 Å². The third kappa shape index (κ3) is 10.5. The fourth-order valence-electron chi connectivity index (χ4n) is 1.07. The van der Waals surface area contributed by atoms with E-state index in [0.717, 1.165) is 0 Å². The Morgan fingerprint density at radius 3 is 1.24 bits per heavy atom. The third-order valence-electron chi connectivity index (χ3n) is 2.18. The molecule has 0 atom stereocenters. The van der Waals surface area contributed by atoms with Gasteiger partial charge >= 0.3 is 137 Å². The van der Waals surface area contributed by atoms with E-state index >= 15 is 0 Å². The molecule has 0 aliphatic rings. The second kappa shape index (κ2) is 10.8. The van der Waals surface area contributed by atoms with Crippen molar-refractivity contribution in [2.45, 2.75) is 67.5 Å². The topological polar surface area (TPSA) is 30.7 Å². The molecule has 0 saturated carbocycles. The summed E-state index contributed by atoms with van der Waals surface area (Å²) in [6.45, 7) is 17.2. The van der Waals surface area contributed by atoms with Crippen LogP contribution >= 0.6 is 0 Å². The molecule has 0 bridgehead atoms. The van der Waals surface area contributed by atoms with Crippen LogP contribution in [0.5, 0.6) is 0 Å². The Labute approximate surface area is 137 Å². The fourth-order valence-corrected chi connectivity index (χ4v) is 2.02. The van der Waals surface area contributed by atoms with Crippen LogP contribution in [0.4, 0.5) is 0 Å². The van der Waals surface area contributed by atoms with Gasteiger partial charge in [-0.3, -0.25) is 0 Å². The van der Waals surface area contributed by atoms with Crippen molar-refractivity contribution in [3.63, 3.8) is 0 Å². The van der Waals surface area contributed by atoms with Crippen LogP contribution in [0.15, 0.2) is 9.98 Å². The molecule has 0 heterocycles. The van der Waals surface area contributed by atoms with Gasteiger partial charge in [0.25, 0.3) is 0 Å². The van der Waals surface area contributed by atoms with Gasteiger partial charge in [-0.05, 0) is 0 Å². The van der Waals surface area contributed by atoms with Gasteiger partial charge in [0.2, 0.25) is 0 Å². The normalized spacial score (nSPS) is 15.0. The molecule has 0 saturated heterocycles. The Morgan fingerprint density at radius 2 is 1.00 bits per heavy atom. The van der Waals surface area contributed by atoms with Crippen LogP contribution in [0.2, 0.25) is 0 Å². The summed E-state index contributed by atoms with van der Waals surface area (Å²) in [5, 5.41) is 0. The second-order valence-corrected chi connectivity index (χ2v) is 7.41. The van der Waals surface area contributed by atoms with Gasteiger partial charge in [-0.25, -0.2) is 0 Å². The van der Waals surface area contributed by atoms with E-state index < -0.39 is 0 Å². The van der Waals surface area contributed by atoms with E-state index in [1.165, 1.54) is 14.9 Å². The third-order valence-corrected chi connectivity index (χ3v) is 3.88. The van der Waals surface area contributed by atoms with Crippen molar-refractivity contribution in [2.24, 2.45) is 21.8 Å². The summed E-state index contributed by atoms with van der Waals surface area (Å²) in [5.74, 6) is 0.928. The van der Waals surface area contributed by atoms with Crippen LogP contribution < -0.4 is 0 Å². The van der Waals surface area contributed by atoms with E-state index in [4.69, 9.17) is 0 Å². The molecule has 21 heavy (non-hydrogen) atoms. The van der Waals surface area contributed by atoms with Crippen molar-refractivity contribution in [2.75, 3.05) is 0 Å². The Bertz CT molecular complexity index is 367. The van der Waals surface area contributed by atoms with Crippen molar-refractivity contribution in [3.05, 3.63) is 0 Å². The zero-order valence-corrected chi connectivity index (χ0v) is 15.7. The van der Waals surface area contributed by atoms with Crippen LogP contribution in [-0.4, -0.2) is 44.5 Å². The molecule has 0 N–H and O–H groups in total. The molecule has 0 fully saturated rings. The Morgan fingerprint density at radius 1 is 0.667 bits per heavy atom. The molecule has 0 radical (unpaired) electrons. The van der Waals surface area contributed by atoms with Gasteiger partial charge in [-0.2, -0.15) is 0 Å². The summed E-state index contributed by atoms with van der Waals surface area (Å²) in [6.07, 6.45) is 7.72. The molecule has 0 aromatic rings. The summed E-state index contributed by atoms with van der Waals surface area (Å²) < 4.78 is 4.32. The summed E-state index contributed by atoms with van der Waals surface area (Å²) in [5.41, 5.74) is 0. The summed E-state index contributed by atoms with van der Waals surface area (Å²) in [6, 6.07) is 0.746. The monoisotopic (exact) mass is 338 g/mol. The molecule has 0 aromatic heterocycles. The van der Waals surface area contributed by atoms with E-state index in [2.05, 4.69) is 72.7 Å². The van der Waals surface area contributed by atoms with E-state index in [0.29, 0.717) is 23.9 Å². The number of rotatable bonds is 8. The van der Waals surface area contributed by atoms with Crippen LogP contribution in [0.25, 0.3) is 0 Å². The molecule has 0 unspecified atom stereocenters. The van der Waals surface area contributed by atoms with E-state index in [9.17, 15) is 0 Å². The first-order valence-corrected chi connectivity index (χ1v) is 8.52. The number of hydrogen-bond donors (Lipinski definition) is 0. The quantitative estimate of drug-likeness (QED) is 0.369. The van der Waals surface area contributed by atoms with Crippen molar-refractivity contribution >= 4 is 25.1 Å². The number of nitrogens with zero attached hydrogens (tertiary/aromatic N) is 4. The van der Waals surface area contributed by atoms with Gasteiger partial charge in [-0.1, -0.05) is 0 Å². The van der Waals surface area contributed by atoms with E-state index in [1.807, 2.05) is 25.1 Å². The molecule has 0 aliphatic carbocycles. The van der Waals surface area contributed by atoms with Crippen LogP contribution in [0.3, 0.4) is 0 Å². The molecule has 5 heteroatoms. The molecule has 0 aromatic carbocycles. The van der Waals surface area contributed by atoms with E-state index in [1.54, 1.807) is 0 Å². The summed E-state index contributed by atoms with van der Waals surface area (Å²) in [7, 11) is 0. The van der Waals surface area contributed by atoms with Crippen molar-refractivity contribution in [1.82, 2.24) is 0 Å². The first-order chi connectivity index (χ1) is 9.73. The van der Waals surface area contributed by atoms with Crippen LogP contribution in [0.1, 0.15) is 55.4 Å². The molecular formula is C16H32N4Ni+2. The van der Waals surface area contributed by atoms with Crippen molar-refractivity contribution in [3.8, 4) is 0 Å². The summed E-state index contributed by atoms with van der Waals surface area (Å²) in [4.78, 5) is 8.79. The van der Waals surface area contributed by atoms with Gasteiger partial charge in [0, 0.05) is 0 Å². The van der Waals surface area contributed by atoms with Crippen molar-refractivity contribution < 1.29 is 22.2 Å². The van der Waals surface area contributed by atoms with Gasteiger partial charge in [-0.15, -0.1) is 0 Å². The molecule has 124 valence electrons. The average Bonchev–Trinajstić information content (AvgIpc) is 2.34. The van der Waals surface area contributed by atoms with Gasteiger partial charge < -0.3 is 0 Å². The van der Waals surface area contributed by atoms with Gasteiger partial charge in [0.05, 0.1) is 0 Å². The molecule has 4 nitrogen and oxygen atoms in total. The predicted octanol–water partition coefficient (Wildman–Crippen LogP) is 3.25. The maximum atomic E-state index is 4.39.